The Kier molecular flexibility index (Phi) is 8.12. The van der Waals surface area contributed by atoms with Crippen molar-refractivity contribution in [2.45, 2.75) is 27.2 Å². The van der Waals surface area contributed by atoms with Crippen LogP contribution in [-0.2, 0) is 11.2 Å². The van der Waals surface area contributed by atoms with Gasteiger partial charge >= 0.3 is 0 Å². The fraction of sp³-hybridized carbons (Fsp3) is 0.250. The molecule has 0 fully saturated rings. The number of carbonyl (C=O) groups is 1. The maximum atomic E-state index is 10.5. The standard InChI is InChI=1S/C9H12.C7H9NO/c1-3-9-6-4-8(2)5-7-9;1-4-7(6(3)9)8-5-2/h4-7H,3H2,1-2H3;4-5H,1-2H2,3H3. The number of Topliss-reactive ketones (excluding diaryl/α,β-unsaturated/α-hetero) is 1. The fourth-order valence-corrected chi connectivity index (χ4v) is 1.21. The Hall–Kier alpha value is -1.96. The van der Waals surface area contributed by atoms with Gasteiger partial charge in [-0.25, -0.2) is 0 Å². The lowest BCUT2D eigenvalue weighted by atomic mass is 10.1. The summed E-state index contributed by atoms with van der Waals surface area (Å²) in [4.78, 5) is 14.2. The van der Waals surface area contributed by atoms with Crippen LogP contribution in [0.2, 0.25) is 0 Å². The van der Waals surface area contributed by atoms with Crippen molar-refractivity contribution in [3.63, 3.8) is 0 Å². The number of rotatable bonds is 4. The van der Waals surface area contributed by atoms with Crippen LogP contribution in [0.15, 0.2) is 54.7 Å². The largest absolute Gasteiger partial charge is 0.293 e. The first-order valence-electron chi connectivity index (χ1n) is 5.92. The molecule has 2 heteroatoms. The molecule has 0 aliphatic heterocycles. The summed E-state index contributed by atoms with van der Waals surface area (Å²) in [6, 6.07) is 8.66. The van der Waals surface area contributed by atoms with Crippen LogP contribution in [0.1, 0.15) is 25.0 Å². The highest BCUT2D eigenvalue weighted by atomic mass is 16.1. The van der Waals surface area contributed by atoms with E-state index < -0.39 is 0 Å². The smallest absolute Gasteiger partial charge is 0.178 e. The molecule has 0 saturated heterocycles. The number of benzene rings is 1. The predicted octanol–water partition coefficient (Wildman–Crippen LogP) is 3.90. The lowest BCUT2D eigenvalue weighted by molar-refractivity contribution is -0.111. The first kappa shape index (κ1) is 16.0. The number of ketones is 1. The zero-order valence-electron chi connectivity index (χ0n) is 11.4. The highest BCUT2D eigenvalue weighted by Gasteiger charge is 1.95. The highest BCUT2D eigenvalue weighted by molar-refractivity contribution is 6.43. The van der Waals surface area contributed by atoms with Crippen molar-refractivity contribution in [3.05, 3.63) is 60.8 Å². The molecule has 0 unspecified atom stereocenters. The second-order valence-electron chi connectivity index (χ2n) is 3.80. The summed E-state index contributed by atoms with van der Waals surface area (Å²) in [7, 11) is 0. The van der Waals surface area contributed by atoms with Gasteiger partial charge in [-0.05, 0) is 25.0 Å². The molecule has 2 nitrogen and oxygen atoms in total. The Morgan fingerprint density at radius 2 is 1.83 bits per heavy atom. The van der Waals surface area contributed by atoms with E-state index in [0.717, 1.165) is 6.42 Å². The van der Waals surface area contributed by atoms with Gasteiger partial charge in [0.05, 0.1) is 0 Å². The third-order valence-corrected chi connectivity index (χ3v) is 2.31. The maximum absolute atomic E-state index is 10.5. The SMILES string of the molecule is C=CN=C(C=C)C(C)=O.CCc1ccc(C)cc1. The number of allylic oxidation sites excluding steroid dienone is 1. The first-order valence-corrected chi connectivity index (χ1v) is 5.92. The van der Waals surface area contributed by atoms with E-state index in [1.165, 1.54) is 30.3 Å². The predicted molar refractivity (Wildman–Crippen MR) is 79.1 cm³/mol. The van der Waals surface area contributed by atoms with Gasteiger partial charge in [-0.15, -0.1) is 0 Å². The molecule has 0 amide bonds. The van der Waals surface area contributed by atoms with Crippen molar-refractivity contribution >= 4 is 11.5 Å². The van der Waals surface area contributed by atoms with Crippen LogP contribution in [-0.4, -0.2) is 11.5 Å². The molecule has 0 spiro atoms. The summed E-state index contributed by atoms with van der Waals surface area (Å²) in [6.45, 7) is 12.5. The molecule has 0 N–H and O–H groups in total. The minimum absolute atomic E-state index is 0.0927. The third kappa shape index (κ3) is 6.59. The number of aliphatic imine (C=N–C) groups is 1. The van der Waals surface area contributed by atoms with E-state index in [1.54, 1.807) is 0 Å². The average Bonchev–Trinajstić information content (AvgIpc) is 2.37. The van der Waals surface area contributed by atoms with Gasteiger partial charge in [-0.1, -0.05) is 49.9 Å². The van der Waals surface area contributed by atoms with Crippen LogP contribution in [0.25, 0.3) is 0 Å². The van der Waals surface area contributed by atoms with E-state index in [0.29, 0.717) is 5.71 Å². The molecule has 18 heavy (non-hydrogen) atoms. The molecule has 1 aromatic rings. The number of hydrogen-bond donors (Lipinski definition) is 0. The maximum Gasteiger partial charge on any atom is 0.178 e. The molecule has 0 aliphatic rings. The molecule has 0 aromatic heterocycles. The zero-order chi connectivity index (χ0) is 14.0. The summed E-state index contributed by atoms with van der Waals surface area (Å²) in [6.07, 6.45) is 3.86. The Morgan fingerprint density at radius 3 is 2.11 bits per heavy atom. The number of nitrogens with zero attached hydrogens (tertiary/aromatic N) is 1. The monoisotopic (exact) mass is 243 g/mol. The van der Waals surface area contributed by atoms with Gasteiger partial charge in [-0.2, -0.15) is 0 Å². The molecule has 96 valence electrons. The van der Waals surface area contributed by atoms with Crippen molar-refractivity contribution in [3.8, 4) is 0 Å². The van der Waals surface area contributed by atoms with E-state index in [4.69, 9.17) is 0 Å². The summed E-state index contributed by atoms with van der Waals surface area (Å²) >= 11 is 0. The molecular formula is C16H21NO. The van der Waals surface area contributed by atoms with Gasteiger partial charge in [0.15, 0.2) is 5.78 Å². The Bertz CT molecular complexity index is 427. The molecule has 0 radical (unpaired) electrons. The quantitative estimate of drug-likeness (QED) is 0.737. The van der Waals surface area contributed by atoms with Gasteiger partial charge in [0, 0.05) is 13.1 Å². The van der Waals surface area contributed by atoms with Crippen molar-refractivity contribution in [2.75, 3.05) is 0 Å². The summed E-state index contributed by atoms with van der Waals surface area (Å²) in [5.41, 5.74) is 3.11. The lowest BCUT2D eigenvalue weighted by Gasteiger charge is -1.94. The Morgan fingerprint density at radius 1 is 1.28 bits per heavy atom. The second kappa shape index (κ2) is 9.11. The van der Waals surface area contributed by atoms with E-state index in [1.807, 2.05) is 0 Å². The molecule has 1 aromatic carbocycles. The third-order valence-electron chi connectivity index (χ3n) is 2.31. The number of carbonyl (C=O) groups excluding carboxylic acids is 1. The Balaban J connectivity index is 0.000000321. The summed E-state index contributed by atoms with van der Waals surface area (Å²) < 4.78 is 0. The van der Waals surface area contributed by atoms with Gasteiger partial charge in [-0.3, -0.25) is 9.79 Å². The molecule has 0 saturated carbocycles. The van der Waals surface area contributed by atoms with Gasteiger partial charge in [0.1, 0.15) is 5.71 Å². The fourth-order valence-electron chi connectivity index (χ4n) is 1.21. The van der Waals surface area contributed by atoms with Gasteiger partial charge in [0.2, 0.25) is 0 Å². The van der Waals surface area contributed by atoms with Crippen molar-refractivity contribution in [1.29, 1.82) is 0 Å². The molecule has 0 heterocycles. The summed E-state index contributed by atoms with van der Waals surface area (Å²) in [5, 5.41) is 0. The summed E-state index contributed by atoms with van der Waals surface area (Å²) in [5.74, 6) is -0.0927. The molecule has 0 aliphatic carbocycles. The van der Waals surface area contributed by atoms with Crippen molar-refractivity contribution in [1.82, 2.24) is 0 Å². The highest BCUT2D eigenvalue weighted by Crippen LogP contribution is 2.02. The minimum atomic E-state index is -0.0927. The van der Waals surface area contributed by atoms with Crippen LogP contribution in [0.5, 0.6) is 0 Å². The number of aryl methyl sites for hydroxylation is 2. The number of hydrogen-bond acceptors (Lipinski definition) is 2. The van der Waals surface area contributed by atoms with Crippen LogP contribution < -0.4 is 0 Å². The zero-order valence-corrected chi connectivity index (χ0v) is 11.4. The van der Waals surface area contributed by atoms with Crippen LogP contribution >= 0.6 is 0 Å². The van der Waals surface area contributed by atoms with Crippen molar-refractivity contribution < 1.29 is 4.79 Å². The van der Waals surface area contributed by atoms with Gasteiger partial charge < -0.3 is 0 Å². The van der Waals surface area contributed by atoms with E-state index >= 15 is 0 Å². The average molecular weight is 243 g/mol. The molecular weight excluding hydrogens is 222 g/mol. The van der Waals surface area contributed by atoms with Crippen LogP contribution in [0.4, 0.5) is 0 Å². The second-order valence-corrected chi connectivity index (χ2v) is 3.80. The Labute approximate surface area is 110 Å². The molecule has 1 rings (SSSR count). The first-order chi connectivity index (χ1) is 8.54. The van der Waals surface area contributed by atoms with Crippen LogP contribution in [0.3, 0.4) is 0 Å². The lowest BCUT2D eigenvalue weighted by Crippen LogP contribution is -2.04. The topological polar surface area (TPSA) is 29.4 Å². The molecule has 0 atom stereocenters. The van der Waals surface area contributed by atoms with Crippen molar-refractivity contribution in [2.24, 2.45) is 4.99 Å². The molecule has 0 bridgehead atoms. The normalized spacial score (nSPS) is 10.1. The van der Waals surface area contributed by atoms with E-state index in [2.05, 4.69) is 56.3 Å². The van der Waals surface area contributed by atoms with E-state index in [-0.39, 0.29) is 5.78 Å². The van der Waals surface area contributed by atoms with Crippen LogP contribution in [0, 0.1) is 6.92 Å². The minimum Gasteiger partial charge on any atom is -0.293 e. The van der Waals surface area contributed by atoms with Gasteiger partial charge in [0.25, 0.3) is 0 Å². The van der Waals surface area contributed by atoms with E-state index in [9.17, 15) is 4.79 Å².